The summed E-state index contributed by atoms with van der Waals surface area (Å²) in [6.07, 6.45) is 3.27. The number of amides is 1. The van der Waals surface area contributed by atoms with Gasteiger partial charge in [-0.15, -0.1) is 0 Å². The van der Waals surface area contributed by atoms with Crippen molar-refractivity contribution in [3.05, 3.63) is 89.7 Å². The summed E-state index contributed by atoms with van der Waals surface area (Å²) in [5.74, 6) is -0.139. The van der Waals surface area contributed by atoms with Crippen molar-refractivity contribution in [3.8, 4) is 0 Å². The number of hydrogen-bond donors (Lipinski definition) is 2. The first-order valence-corrected chi connectivity index (χ1v) is 7.81. The van der Waals surface area contributed by atoms with Crippen molar-refractivity contribution in [1.82, 2.24) is 10.3 Å². The van der Waals surface area contributed by atoms with Crippen LogP contribution in [-0.4, -0.2) is 10.9 Å². The Morgan fingerprint density at radius 1 is 0.958 bits per heavy atom. The molecule has 0 aliphatic heterocycles. The van der Waals surface area contributed by atoms with Crippen molar-refractivity contribution in [1.29, 1.82) is 0 Å². The van der Waals surface area contributed by atoms with Crippen molar-refractivity contribution in [2.75, 3.05) is 5.32 Å². The Labute approximate surface area is 141 Å². The number of para-hydroxylation sites is 1. The molecule has 0 aliphatic carbocycles. The molecule has 4 nitrogen and oxygen atoms in total. The molecule has 24 heavy (non-hydrogen) atoms. The molecule has 3 rings (SSSR count). The van der Waals surface area contributed by atoms with E-state index in [2.05, 4.69) is 15.6 Å². The molecule has 0 atom stereocenters. The highest BCUT2D eigenvalue weighted by molar-refractivity contribution is 5.94. The second-order valence-electron chi connectivity index (χ2n) is 5.62. The van der Waals surface area contributed by atoms with Gasteiger partial charge in [-0.1, -0.05) is 48.0 Å². The minimum absolute atomic E-state index is 0.139. The molecular formula is C20H19N3O. The standard InChI is InChI=1S/C20H19N3O/c1-15-7-9-16(10-8-15)12-22-20(24)17-11-19(14-21-13-17)23-18-5-3-2-4-6-18/h2-11,13-14,23H,12H2,1H3,(H,22,24). The average Bonchev–Trinajstić information content (AvgIpc) is 2.62. The number of hydrogen-bond acceptors (Lipinski definition) is 3. The second-order valence-corrected chi connectivity index (χ2v) is 5.62. The molecule has 3 aromatic rings. The molecule has 0 unspecified atom stereocenters. The van der Waals surface area contributed by atoms with Gasteiger partial charge in [0.15, 0.2) is 0 Å². The number of carbonyl (C=O) groups is 1. The largest absolute Gasteiger partial charge is 0.354 e. The number of aryl methyl sites for hydroxylation is 1. The molecule has 0 spiro atoms. The third-order valence-corrected chi connectivity index (χ3v) is 3.64. The Bertz CT molecular complexity index is 814. The highest BCUT2D eigenvalue weighted by atomic mass is 16.1. The summed E-state index contributed by atoms with van der Waals surface area (Å²) in [6, 6.07) is 19.7. The zero-order valence-electron chi connectivity index (χ0n) is 13.5. The zero-order valence-corrected chi connectivity index (χ0v) is 13.5. The van der Waals surface area contributed by atoms with Gasteiger partial charge < -0.3 is 10.6 Å². The number of carbonyl (C=O) groups excluding carboxylic acids is 1. The van der Waals surface area contributed by atoms with E-state index in [1.165, 1.54) is 5.56 Å². The average molecular weight is 317 g/mol. The van der Waals surface area contributed by atoms with Gasteiger partial charge in [0, 0.05) is 18.4 Å². The Morgan fingerprint density at radius 3 is 2.46 bits per heavy atom. The number of rotatable bonds is 5. The lowest BCUT2D eigenvalue weighted by atomic mass is 10.1. The molecule has 0 radical (unpaired) electrons. The molecule has 0 bridgehead atoms. The monoisotopic (exact) mass is 317 g/mol. The van der Waals surface area contributed by atoms with Crippen LogP contribution in [0.25, 0.3) is 0 Å². The Morgan fingerprint density at radius 2 is 1.71 bits per heavy atom. The first kappa shape index (κ1) is 15.7. The minimum Gasteiger partial charge on any atom is -0.354 e. The van der Waals surface area contributed by atoms with E-state index in [0.29, 0.717) is 12.1 Å². The lowest BCUT2D eigenvalue weighted by Gasteiger charge is -2.09. The third kappa shape index (κ3) is 4.20. The lowest BCUT2D eigenvalue weighted by molar-refractivity contribution is 0.0950. The zero-order chi connectivity index (χ0) is 16.8. The van der Waals surface area contributed by atoms with Crippen molar-refractivity contribution in [3.63, 3.8) is 0 Å². The van der Waals surface area contributed by atoms with Crippen LogP contribution in [0.4, 0.5) is 11.4 Å². The number of benzene rings is 2. The van der Waals surface area contributed by atoms with Crippen LogP contribution in [0.1, 0.15) is 21.5 Å². The van der Waals surface area contributed by atoms with Crippen LogP contribution in [0.2, 0.25) is 0 Å². The predicted octanol–water partition coefficient (Wildman–Crippen LogP) is 4.06. The van der Waals surface area contributed by atoms with Crippen LogP contribution >= 0.6 is 0 Å². The maximum atomic E-state index is 12.3. The van der Waals surface area contributed by atoms with Crippen LogP contribution in [0.5, 0.6) is 0 Å². The van der Waals surface area contributed by atoms with Crippen molar-refractivity contribution >= 4 is 17.3 Å². The van der Waals surface area contributed by atoms with E-state index in [1.807, 2.05) is 61.5 Å². The summed E-state index contributed by atoms with van der Waals surface area (Å²) in [5.41, 5.74) is 4.54. The van der Waals surface area contributed by atoms with Crippen LogP contribution in [0, 0.1) is 6.92 Å². The van der Waals surface area contributed by atoms with Crippen LogP contribution in [0.15, 0.2) is 73.1 Å². The van der Waals surface area contributed by atoms with E-state index < -0.39 is 0 Å². The van der Waals surface area contributed by atoms with E-state index in [1.54, 1.807) is 18.5 Å². The molecule has 120 valence electrons. The first-order chi connectivity index (χ1) is 11.7. The summed E-state index contributed by atoms with van der Waals surface area (Å²) < 4.78 is 0. The van der Waals surface area contributed by atoms with Crippen LogP contribution in [-0.2, 0) is 6.54 Å². The van der Waals surface area contributed by atoms with Crippen molar-refractivity contribution < 1.29 is 4.79 Å². The van der Waals surface area contributed by atoms with E-state index in [0.717, 1.165) is 16.9 Å². The Kier molecular flexibility index (Phi) is 4.87. The van der Waals surface area contributed by atoms with E-state index >= 15 is 0 Å². The topological polar surface area (TPSA) is 54.0 Å². The molecule has 1 amide bonds. The van der Waals surface area contributed by atoms with Gasteiger partial charge in [0.2, 0.25) is 0 Å². The Hall–Kier alpha value is -3.14. The minimum atomic E-state index is -0.139. The molecule has 0 saturated heterocycles. The van der Waals surface area contributed by atoms with Gasteiger partial charge in [-0.05, 0) is 30.7 Å². The summed E-state index contributed by atoms with van der Waals surface area (Å²) in [7, 11) is 0. The highest BCUT2D eigenvalue weighted by Gasteiger charge is 2.07. The summed E-state index contributed by atoms with van der Waals surface area (Å²) in [5, 5.41) is 6.16. The second kappa shape index (κ2) is 7.42. The van der Waals surface area contributed by atoms with Gasteiger partial charge in [-0.3, -0.25) is 9.78 Å². The predicted molar refractivity (Wildman–Crippen MR) is 96.3 cm³/mol. The summed E-state index contributed by atoms with van der Waals surface area (Å²) >= 11 is 0. The number of pyridine rings is 1. The van der Waals surface area contributed by atoms with Gasteiger partial charge >= 0.3 is 0 Å². The van der Waals surface area contributed by atoms with Gasteiger partial charge in [0.25, 0.3) is 5.91 Å². The van der Waals surface area contributed by atoms with E-state index in [9.17, 15) is 4.79 Å². The molecule has 2 N–H and O–H groups in total. The van der Waals surface area contributed by atoms with Crippen molar-refractivity contribution in [2.45, 2.75) is 13.5 Å². The number of aromatic nitrogens is 1. The molecule has 2 aromatic carbocycles. The van der Waals surface area contributed by atoms with Gasteiger partial charge in [0.05, 0.1) is 17.4 Å². The molecule has 1 heterocycles. The number of anilines is 2. The highest BCUT2D eigenvalue weighted by Crippen LogP contribution is 2.16. The van der Waals surface area contributed by atoms with E-state index in [4.69, 9.17) is 0 Å². The van der Waals surface area contributed by atoms with Crippen LogP contribution < -0.4 is 10.6 Å². The van der Waals surface area contributed by atoms with Gasteiger partial charge in [0.1, 0.15) is 0 Å². The first-order valence-electron chi connectivity index (χ1n) is 7.81. The molecule has 0 fully saturated rings. The molecule has 4 heteroatoms. The molecular weight excluding hydrogens is 298 g/mol. The smallest absolute Gasteiger partial charge is 0.253 e. The fourth-order valence-electron chi connectivity index (χ4n) is 2.31. The summed E-state index contributed by atoms with van der Waals surface area (Å²) in [6.45, 7) is 2.54. The summed E-state index contributed by atoms with van der Waals surface area (Å²) in [4.78, 5) is 16.5. The fraction of sp³-hybridized carbons (Fsp3) is 0.100. The SMILES string of the molecule is Cc1ccc(CNC(=O)c2cncc(Nc3ccccc3)c2)cc1. The van der Waals surface area contributed by atoms with Crippen LogP contribution in [0.3, 0.4) is 0 Å². The van der Waals surface area contributed by atoms with Crippen molar-refractivity contribution in [2.24, 2.45) is 0 Å². The maximum Gasteiger partial charge on any atom is 0.253 e. The number of nitrogens with zero attached hydrogens (tertiary/aromatic N) is 1. The maximum absolute atomic E-state index is 12.3. The third-order valence-electron chi connectivity index (χ3n) is 3.64. The normalized spacial score (nSPS) is 10.2. The molecule has 0 saturated carbocycles. The lowest BCUT2D eigenvalue weighted by Crippen LogP contribution is -2.23. The molecule has 0 aliphatic rings. The fourth-order valence-corrected chi connectivity index (χ4v) is 2.31. The quantitative estimate of drug-likeness (QED) is 0.746. The molecule has 1 aromatic heterocycles. The Balaban J connectivity index is 1.64. The van der Waals surface area contributed by atoms with E-state index in [-0.39, 0.29) is 5.91 Å². The number of nitrogens with one attached hydrogen (secondary N) is 2. The van der Waals surface area contributed by atoms with Gasteiger partial charge in [-0.25, -0.2) is 0 Å². The van der Waals surface area contributed by atoms with Gasteiger partial charge in [-0.2, -0.15) is 0 Å².